The minimum absolute atomic E-state index is 0.0417. The first kappa shape index (κ1) is 11.4. The average molecular weight is 188 g/mol. The van der Waals surface area contributed by atoms with Gasteiger partial charge in [-0.2, -0.15) is 15.0 Å². The second-order valence-corrected chi connectivity index (χ2v) is 1.76. The molecule has 1 heterocycles. The van der Waals surface area contributed by atoms with Gasteiger partial charge in [0.05, 0.1) is 0 Å². The number of nitrogens with two attached hydrogens (primary N) is 3. The average Bonchev–Trinajstić information content (AvgIpc) is 1.80. The van der Waals surface area contributed by atoms with Crippen LogP contribution in [0.5, 0.6) is 0 Å². The molecule has 0 radical (unpaired) electrons. The third kappa shape index (κ3) is 6.74. The monoisotopic (exact) mass is 188 g/mol. The van der Waals surface area contributed by atoms with Gasteiger partial charge in [0, 0.05) is 0 Å². The fourth-order valence-electron chi connectivity index (χ4n) is 0.427. The van der Waals surface area contributed by atoms with Crippen molar-refractivity contribution in [3.63, 3.8) is 0 Å². The number of aromatic nitrogens is 3. The zero-order valence-electron chi connectivity index (χ0n) is 6.49. The zero-order valence-corrected chi connectivity index (χ0v) is 6.49. The molecule has 0 amide bonds. The maximum Gasteiger partial charge on any atom is 0.631 e. The Morgan fingerprint density at radius 2 is 0.923 bits per heavy atom. The standard InChI is InChI=1S/C3H6N6.BH3O3/c4-1-7-2(5)9-3(6)8-1;2-1(3)4/h(H6,4,5,6,7,8,9);2-4H. The molecule has 0 unspecified atom stereocenters. The van der Waals surface area contributed by atoms with Crippen molar-refractivity contribution in [2.24, 2.45) is 0 Å². The maximum atomic E-state index is 7.17. The first-order valence-electron chi connectivity index (χ1n) is 2.98. The molecule has 9 nitrogen and oxygen atoms in total. The summed E-state index contributed by atoms with van der Waals surface area (Å²) in [5.74, 6) is 0.125. The Balaban J connectivity index is 0.000000310. The first-order valence-corrected chi connectivity index (χ1v) is 2.98. The Labute approximate surface area is 73.4 Å². The zero-order chi connectivity index (χ0) is 10.4. The van der Waals surface area contributed by atoms with E-state index in [4.69, 9.17) is 32.3 Å². The van der Waals surface area contributed by atoms with E-state index in [-0.39, 0.29) is 17.8 Å². The number of hydrogen-bond acceptors (Lipinski definition) is 9. The Hall–Kier alpha value is -1.65. The molecule has 0 aliphatic heterocycles. The van der Waals surface area contributed by atoms with Gasteiger partial charge in [0.15, 0.2) is 0 Å². The molecule has 0 aliphatic carbocycles. The molecule has 0 bridgehead atoms. The van der Waals surface area contributed by atoms with Gasteiger partial charge in [0.25, 0.3) is 0 Å². The number of hydrogen-bond donors (Lipinski definition) is 6. The van der Waals surface area contributed by atoms with E-state index in [1.165, 1.54) is 0 Å². The molecular formula is C3H9BN6O3. The molecule has 0 saturated carbocycles. The summed E-state index contributed by atoms with van der Waals surface area (Å²) in [6, 6.07) is 0. The van der Waals surface area contributed by atoms with Crippen molar-refractivity contribution < 1.29 is 15.1 Å². The van der Waals surface area contributed by atoms with E-state index in [0.717, 1.165) is 0 Å². The molecule has 1 rings (SSSR count). The van der Waals surface area contributed by atoms with Gasteiger partial charge in [-0.1, -0.05) is 0 Å². The van der Waals surface area contributed by atoms with Crippen LogP contribution in [0.4, 0.5) is 17.8 Å². The molecule has 0 aliphatic rings. The van der Waals surface area contributed by atoms with E-state index in [9.17, 15) is 0 Å². The number of nitrogen functional groups attached to an aromatic ring is 3. The Morgan fingerprint density at radius 1 is 0.769 bits per heavy atom. The maximum absolute atomic E-state index is 7.17. The smallest absolute Gasteiger partial charge is 0.402 e. The molecule has 0 aromatic carbocycles. The summed E-state index contributed by atoms with van der Waals surface area (Å²) in [6.45, 7) is 0. The molecule has 0 fully saturated rings. The predicted octanol–water partition coefficient (Wildman–Crippen LogP) is -3.43. The lowest BCUT2D eigenvalue weighted by Gasteiger charge is -1.93. The topological polar surface area (TPSA) is 177 Å². The van der Waals surface area contributed by atoms with Crippen LogP contribution in [0.3, 0.4) is 0 Å². The largest absolute Gasteiger partial charge is 0.631 e. The van der Waals surface area contributed by atoms with Crippen LogP contribution in [0.15, 0.2) is 0 Å². The molecule has 0 saturated heterocycles. The Kier molecular flexibility index (Phi) is 4.44. The molecule has 10 heteroatoms. The van der Waals surface area contributed by atoms with E-state index < -0.39 is 7.32 Å². The molecule has 0 atom stereocenters. The first-order chi connectivity index (χ1) is 5.91. The van der Waals surface area contributed by atoms with Crippen LogP contribution < -0.4 is 17.2 Å². The van der Waals surface area contributed by atoms with Crippen molar-refractivity contribution in [2.75, 3.05) is 17.2 Å². The van der Waals surface area contributed by atoms with Crippen LogP contribution in [-0.2, 0) is 0 Å². The fraction of sp³-hybridized carbons (Fsp3) is 0. The van der Waals surface area contributed by atoms with E-state index >= 15 is 0 Å². The quantitative estimate of drug-likeness (QED) is 0.226. The van der Waals surface area contributed by atoms with Gasteiger partial charge in [0.1, 0.15) is 0 Å². The van der Waals surface area contributed by atoms with Crippen molar-refractivity contribution in [2.45, 2.75) is 0 Å². The highest BCUT2D eigenvalue weighted by atomic mass is 16.5. The number of nitrogens with zero attached hydrogens (tertiary/aromatic N) is 3. The van der Waals surface area contributed by atoms with E-state index in [1.807, 2.05) is 0 Å². The lowest BCUT2D eigenvalue weighted by atomic mass is 10.3. The number of rotatable bonds is 0. The van der Waals surface area contributed by atoms with E-state index in [1.54, 1.807) is 0 Å². The summed E-state index contributed by atoms with van der Waals surface area (Å²) in [7, 11) is -2.17. The minimum atomic E-state index is -2.17. The van der Waals surface area contributed by atoms with E-state index in [0.29, 0.717) is 0 Å². The van der Waals surface area contributed by atoms with Gasteiger partial charge >= 0.3 is 7.32 Å². The lowest BCUT2D eigenvalue weighted by molar-refractivity contribution is 0.278. The van der Waals surface area contributed by atoms with Crippen LogP contribution in [-0.4, -0.2) is 37.3 Å². The second kappa shape index (κ2) is 5.08. The van der Waals surface area contributed by atoms with Crippen molar-refractivity contribution in [3.05, 3.63) is 0 Å². The highest BCUT2D eigenvalue weighted by Gasteiger charge is 1.94. The summed E-state index contributed by atoms with van der Waals surface area (Å²) in [5, 5.41) is 21.5. The van der Waals surface area contributed by atoms with Crippen LogP contribution in [0.2, 0.25) is 0 Å². The van der Waals surface area contributed by atoms with Crippen molar-refractivity contribution in [1.82, 2.24) is 15.0 Å². The summed E-state index contributed by atoms with van der Waals surface area (Å²) < 4.78 is 0. The van der Waals surface area contributed by atoms with Crippen LogP contribution in [0.1, 0.15) is 0 Å². The molecule has 1 aromatic rings. The molecule has 9 N–H and O–H groups in total. The normalized spacial score (nSPS) is 8.54. The van der Waals surface area contributed by atoms with Gasteiger partial charge in [0.2, 0.25) is 17.8 Å². The second-order valence-electron chi connectivity index (χ2n) is 1.76. The lowest BCUT2D eigenvalue weighted by Crippen LogP contribution is -2.07. The van der Waals surface area contributed by atoms with Gasteiger partial charge in [-0.05, 0) is 0 Å². The molecule has 72 valence electrons. The summed E-state index contributed by atoms with van der Waals surface area (Å²) in [5.41, 5.74) is 15.4. The summed E-state index contributed by atoms with van der Waals surface area (Å²) in [4.78, 5) is 10.5. The van der Waals surface area contributed by atoms with Crippen LogP contribution in [0, 0.1) is 0 Å². The van der Waals surface area contributed by atoms with Crippen LogP contribution in [0.25, 0.3) is 0 Å². The highest BCUT2D eigenvalue weighted by Crippen LogP contribution is 1.97. The predicted molar refractivity (Wildman–Crippen MR) is 45.5 cm³/mol. The van der Waals surface area contributed by atoms with Gasteiger partial charge in [-0.25, -0.2) is 0 Å². The van der Waals surface area contributed by atoms with E-state index in [2.05, 4.69) is 15.0 Å². The van der Waals surface area contributed by atoms with Gasteiger partial charge < -0.3 is 32.3 Å². The van der Waals surface area contributed by atoms with Gasteiger partial charge in [-0.15, -0.1) is 0 Å². The SMILES string of the molecule is Nc1nc(N)nc(N)n1.OB(O)O. The fourth-order valence-corrected chi connectivity index (χ4v) is 0.427. The van der Waals surface area contributed by atoms with Crippen LogP contribution >= 0.6 is 0 Å². The Bertz CT molecular complexity index is 216. The molecule has 1 aromatic heterocycles. The molecule has 0 spiro atoms. The van der Waals surface area contributed by atoms with Crippen molar-refractivity contribution >= 4 is 25.2 Å². The van der Waals surface area contributed by atoms with Crippen molar-refractivity contribution in [1.29, 1.82) is 0 Å². The van der Waals surface area contributed by atoms with Crippen molar-refractivity contribution in [3.8, 4) is 0 Å². The summed E-state index contributed by atoms with van der Waals surface area (Å²) in [6.07, 6.45) is 0. The Morgan fingerprint density at radius 3 is 1.08 bits per heavy atom. The summed E-state index contributed by atoms with van der Waals surface area (Å²) >= 11 is 0. The molecular weight excluding hydrogens is 179 g/mol. The highest BCUT2D eigenvalue weighted by molar-refractivity contribution is 6.30. The molecule has 13 heavy (non-hydrogen) atoms. The third-order valence-electron chi connectivity index (χ3n) is 0.687. The number of anilines is 3. The minimum Gasteiger partial charge on any atom is -0.402 e. The third-order valence-corrected chi connectivity index (χ3v) is 0.687. The van der Waals surface area contributed by atoms with Gasteiger partial charge in [-0.3, -0.25) is 0 Å².